The Labute approximate surface area is 62.4 Å². The Kier molecular flexibility index (Phi) is 2.52. The van der Waals surface area contributed by atoms with Crippen molar-refractivity contribution in [1.29, 1.82) is 0 Å². The van der Waals surface area contributed by atoms with Gasteiger partial charge in [-0.3, -0.25) is 0 Å². The first-order valence-electron chi connectivity index (χ1n) is 2.71. The van der Waals surface area contributed by atoms with Crippen molar-refractivity contribution in [2.24, 2.45) is 5.92 Å². The van der Waals surface area contributed by atoms with E-state index in [0.29, 0.717) is 5.92 Å². The molecule has 1 rings (SSSR count). The zero-order chi connectivity index (χ0) is 5.98. The zero-order valence-electron chi connectivity index (χ0n) is 4.51. The highest BCUT2D eigenvalue weighted by molar-refractivity contribution is 14.1. The van der Waals surface area contributed by atoms with Crippen molar-refractivity contribution in [3.05, 3.63) is 0 Å². The van der Waals surface area contributed by atoms with Crippen molar-refractivity contribution in [3.63, 3.8) is 0 Å². The molecule has 2 atom stereocenters. The number of halogens is 1. The summed E-state index contributed by atoms with van der Waals surface area (Å²) in [5.41, 5.74) is 0. The molecule has 0 aliphatic carbocycles. The molecule has 0 amide bonds. The first-order chi connectivity index (χ1) is 3.84. The second-order valence-corrected chi connectivity index (χ2v) is 3.18. The Morgan fingerprint density at radius 2 is 2.50 bits per heavy atom. The number of alkyl halides is 1. The molecule has 3 heteroatoms. The van der Waals surface area contributed by atoms with Crippen LogP contribution in [-0.4, -0.2) is 22.4 Å². The zero-order valence-corrected chi connectivity index (χ0v) is 6.67. The quantitative estimate of drug-likeness (QED) is 0.530. The highest BCUT2D eigenvalue weighted by Crippen LogP contribution is 2.24. The molecule has 8 heavy (non-hydrogen) atoms. The van der Waals surface area contributed by atoms with Crippen molar-refractivity contribution in [3.8, 4) is 0 Å². The van der Waals surface area contributed by atoms with Crippen LogP contribution in [0.4, 0.5) is 0 Å². The van der Waals surface area contributed by atoms with E-state index in [2.05, 4.69) is 22.6 Å². The average Bonchev–Trinajstić information content (AvgIpc) is 2.14. The summed E-state index contributed by atoms with van der Waals surface area (Å²) in [6, 6.07) is 0. The van der Waals surface area contributed by atoms with Crippen molar-refractivity contribution in [2.45, 2.75) is 10.5 Å². The minimum Gasteiger partial charge on any atom is -0.396 e. The minimum atomic E-state index is 0.248. The van der Waals surface area contributed by atoms with Gasteiger partial charge < -0.3 is 9.84 Å². The van der Waals surface area contributed by atoms with E-state index in [0.717, 1.165) is 13.0 Å². The van der Waals surface area contributed by atoms with E-state index in [-0.39, 0.29) is 10.7 Å². The molecular formula is C5H9IO2. The molecule has 0 bridgehead atoms. The van der Waals surface area contributed by atoms with Crippen LogP contribution in [0.5, 0.6) is 0 Å². The molecule has 48 valence electrons. The van der Waals surface area contributed by atoms with Crippen molar-refractivity contribution < 1.29 is 9.84 Å². The van der Waals surface area contributed by atoms with Crippen LogP contribution in [0, 0.1) is 5.92 Å². The topological polar surface area (TPSA) is 29.5 Å². The van der Waals surface area contributed by atoms with E-state index in [1.807, 2.05) is 0 Å². The van der Waals surface area contributed by atoms with Crippen LogP contribution < -0.4 is 0 Å². The summed E-state index contributed by atoms with van der Waals surface area (Å²) in [4.78, 5) is 0. The molecule has 1 saturated heterocycles. The molecular weight excluding hydrogens is 219 g/mol. The number of aliphatic hydroxyl groups is 1. The van der Waals surface area contributed by atoms with E-state index < -0.39 is 0 Å². The third kappa shape index (κ3) is 1.33. The Morgan fingerprint density at radius 3 is 2.75 bits per heavy atom. The molecule has 2 unspecified atom stereocenters. The molecule has 0 radical (unpaired) electrons. The maximum Gasteiger partial charge on any atom is 0.113 e. The monoisotopic (exact) mass is 228 g/mol. The lowest BCUT2D eigenvalue weighted by molar-refractivity contribution is 0.147. The number of rotatable bonds is 1. The summed E-state index contributed by atoms with van der Waals surface area (Å²) in [5.74, 6) is 0.385. The van der Waals surface area contributed by atoms with Gasteiger partial charge in [0.05, 0.1) is 0 Å². The highest BCUT2D eigenvalue weighted by Gasteiger charge is 2.24. The number of ether oxygens (including phenoxy) is 1. The molecule has 0 aromatic rings. The number of hydrogen-bond donors (Lipinski definition) is 1. The van der Waals surface area contributed by atoms with E-state index in [4.69, 9.17) is 9.84 Å². The lowest BCUT2D eigenvalue weighted by atomic mass is 10.1. The first kappa shape index (κ1) is 6.77. The molecule has 0 spiro atoms. The third-order valence-corrected chi connectivity index (χ3v) is 2.75. The van der Waals surface area contributed by atoms with Gasteiger partial charge in [-0.1, -0.05) is 22.6 Å². The van der Waals surface area contributed by atoms with E-state index in [9.17, 15) is 0 Å². The molecule has 0 aromatic carbocycles. The predicted molar refractivity (Wildman–Crippen MR) is 39.0 cm³/mol. The smallest absolute Gasteiger partial charge is 0.113 e. The maximum absolute atomic E-state index is 8.65. The van der Waals surface area contributed by atoms with Gasteiger partial charge in [0.15, 0.2) is 0 Å². The molecule has 2 nitrogen and oxygen atoms in total. The van der Waals surface area contributed by atoms with Gasteiger partial charge in [-0.05, 0) is 6.42 Å². The van der Waals surface area contributed by atoms with Crippen LogP contribution in [0.1, 0.15) is 6.42 Å². The molecule has 1 fully saturated rings. The Bertz CT molecular complexity index is 76.8. The second-order valence-electron chi connectivity index (χ2n) is 1.95. The summed E-state index contributed by atoms with van der Waals surface area (Å²) in [6.45, 7) is 1.09. The van der Waals surface area contributed by atoms with Crippen molar-refractivity contribution >= 4 is 22.6 Å². The van der Waals surface area contributed by atoms with E-state index in [1.54, 1.807) is 0 Å². The lowest BCUT2D eigenvalue weighted by Gasteiger charge is -2.06. The summed E-state index contributed by atoms with van der Waals surface area (Å²) < 4.78 is 5.43. The normalized spacial score (nSPS) is 38.2. The highest BCUT2D eigenvalue weighted by atomic mass is 127. The van der Waals surface area contributed by atoms with Crippen molar-refractivity contribution in [1.82, 2.24) is 0 Å². The lowest BCUT2D eigenvalue weighted by Crippen LogP contribution is -2.11. The Hall–Kier alpha value is 0.650. The summed E-state index contributed by atoms with van der Waals surface area (Å²) in [5, 5.41) is 8.65. The largest absolute Gasteiger partial charge is 0.396 e. The van der Waals surface area contributed by atoms with E-state index in [1.165, 1.54) is 0 Å². The SMILES string of the molecule is OCC1CCOC1I. The number of hydrogen-bond acceptors (Lipinski definition) is 2. The molecule has 1 N–H and O–H groups in total. The van der Waals surface area contributed by atoms with Crippen LogP contribution in [-0.2, 0) is 4.74 Å². The summed E-state index contributed by atoms with van der Waals surface area (Å²) in [7, 11) is 0. The minimum absolute atomic E-state index is 0.248. The van der Waals surface area contributed by atoms with Gasteiger partial charge in [-0.2, -0.15) is 0 Å². The van der Waals surface area contributed by atoms with Crippen LogP contribution in [0.25, 0.3) is 0 Å². The maximum atomic E-state index is 8.65. The molecule has 1 heterocycles. The molecule has 1 aliphatic heterocycles. The molecule has 0 saturated carbocycles. The summed E-state index contributed by atoms with van der Waals surface area (Å²) in [6.07, 6.45) is 1.02. The van der Waals surface area contributed by atoms with Crippen LogP contribution in [0.3, 0.4) is 0 Å². The first-order valence-corrected chi connectivity index (χ1v) is 3.95. The Balaban J connectivity index is 2.30. The van der Waals surface area contributed by atoms with Gasteiger partial charge in [-0.25, -0.2) is 0 Å². The van der Waals surface area contributed by atoms with Gasteiger partial charge in [0, 0.05) is 19.1 Å². The molecule has 1 aliphatic rings. The fraction of sp³-hybridized carbons (Fsp3) is 1.00. The number of aliphatic hydroxyl groups excluding tert-OH is 1. The van der Waals surface area contributed by atoms with Gasteiger partial charge in [0.25, 0.3) is 0 Å². The van der Waals surface area contributed by atoms with Gasteiger partial charge in [-0.15, -0.1) is 0 Å². The standard InChI is InChI=1S/C5H9IO2/c6-5-4(3-7)1-2-8-5/h4-5,7H,1-3H2. The van der Waals surface area contributed by atoms with Crippen LogP contribution in [0.15, 0.2) is 0 Å². The second kappa shape index (κ2) is 2.98. The third-order valence-electron chi connectivity index (χ3n) is 1.37. The molecule has 0 aromatic heterocycles. The van der Waals surface area contributed by atoms with Gasteiger partial charge in [0.1, 0.15) is 4.11 Å². The average molecular weight is 228 g/mol. The van der Waals surface area contributed by atoms with Gasteiger partial charge in [0.2, 0.25) is 0 Å². The Morgan fingerprint density at radius 1 is 1.75 bits per heavy atom. The van der Waals surface area contributed by atoms with Crippen molar-refractivity contribution in [2.75, 3.05) is 13.2 Å². The fourth-order valence-corrected chi connectivity index (χ4v) is 1.61. The summed E-state index contributed by atoms with van der Waals surface area (Å²) >= 11 is 2.21. The van der Waals surface area contributed by atoms with Crippen LogP contribution >= 0.6 is 22.6 Å². The van der Waals surface area contributed by atoms with E-state index >= 15 is 0 Å². The predicted octanol–water partition coefficient (Wildman–Crippen LogP) is 0.776. The fourth-order valence-electron chi connectivity index (χ4n) is 0.773. The van der Waals surface area contributed by atoms with Gasteiger partial charge >= 0.3 is 0 Å². The van der Waals surface area contributed by atoms with Crippen LogP contribution in [0.2, 0.25) is 0 Å².